The Balaban J connectivity index is 1.42. The number of benzene rings is 2. The van der Waals surface area contributed by atoms with E-state index in [1.54, 1.807) is 31.2 Å². The van der Waals surface area contributed by atoms with Crippen molar-refractivity contribution in [2.45, 2.75) is 43.5 Å². The third-order valence-electron chi connectivity index (χ3n) is 5.28. The van der Waals surface area contributed by atoms with Gasteiger partial charge in [-0.15, -0.1) is 13.2 Å². The number of aromatic nitrogens is 1. The van der Waals surface area contributed by atoms with Crippen LogP contribution in [0, 0.1) is 6.92 Å². The van der Waals surface area contributed by atoms with Gasteiger partial charge in [0.2, 0.25) is 15.9 Å². The Morgan fingerprint density at radius 3 is 2.40 bits per heavy atom. The maximum absolute atomic E-state index is 12.7. The van der Waals surface area contributed by atoms with Gasteiger partial charge < -0.3 is 10.1 Å². The topological polar surface area (TPSA) is 97.4 Å². The molecule has 1 amide bonds. The summed E-state index contributed by atoms with van der Waals surface area (Å²) in [5.74, 6) is -0.491. The van der Waals surface area contributed by atoms with Crippen LogP contribution in [-0.2, 0) is 21.2 Å². The van der Waals surface area contributed by atoms with Crippen LogP contribution < -0.4 is 14.8 Å². The number of halogens is 3. The van der Waals surface area contributed by atoms with Crippen LogP contribution in [0.25, 0.3) is 11.1 Å². The molecule has 7 nitrogen and oxygen atoms in total. The number of aryl methyl sites for hydroxylation is 1. The Bertz CT molecular complexity index is 1340. The first-order valence-corrected chi connectivity index (χ1v) is 12.2. The van der Waals surface area contributed by atoms with Gasteiger partial charge in [0.15, 0.2) is 0 Å². The van der Waals surface area contributed by atoms with Gasteiger partial charge in [-0.2, -0.15) is 0 Å². The van der Waals surface area contributed by atoms with Crippen molar-refractivity contribution in [1.29, 1.82) is 0 Å². The number of ether oxygens (including phenoxy) is 1. The SMILES string of the molecule is Cc1cc(NC(=O)Cc2ccc(S(=O)(=O)NC3CC3)cc2)ncc1-c1ccccc1OC(F)(F)F. The van der Waals surface area contributed by atoms with Crippen molar-refractivity contribution < 1.29 is 31.1 Å². The molecule has 0 radical (unpaired) electrons. The fourth-order valence-corrected chi connectivity index (χ4v) is 4.76. The van der Waals surface area contributed by atoms with E-state index in [1.165, 1.54) is 36.5 Å². The summed E-state index contributed by atoms with van der Waals surface area (Å²) in [6, 6.07) is 13.3. The number of rotatable bonds is 8. The zero-order valence-electron chi connectivity index (χ0n) is 18.6. The van der Waals surface area contributed by atoms with Gasteiger partial charge in [-0.05, 0) is 55.2 Å². The maximum atomic E-state index is 12.7. The minimum absolute atomic E-state index is 0.00144. The second-order valence-electron chi connectivity index (χ2n) is 8.19. The molecule has 1 aromatic heterocycles. The lowest BCUT2D eigenvalue weighted by molar-refractivity contribution is -0.274. The van der Waals surface area contributed by atoms with Gasteiger partial charge in [-0.25, -0.2) is 18.1 Å². The number of sulfonamides is 1. The molecular formula is C24H22F3N3O4S. The van der Waals surface area contributed by atoms with Crippen molar-refractivity contribution in [3.05, 3.63) is 71.9 Å². The van der Waals surface area contributed by atoms with Crippen LogP contribution in [0.15, 0.2) is 65.7 Å². The minimum Gasteiger partial charge on any atom is -0.405 e. The first-order chi connectivity index (χ1) is 16.5. The summed E-state index contributed by atoms with van der Waals surface area (Å²) in [6.45, 7) is 1.69. The lowest BCUT2D eigenvalue weighted by atomic mass is 10.0. The predicted molar refractivity (Wildman–Crippen MR) is 123 cm³/mol. The van der Waals surface area contributed by atoms with Crippen molar-refractivity contribution in [3.63, 3.8) is 0 Å². The molecule has 1 fully saturated rings. The first-order valence-electron chi connectivity index (χ1n) is 10.7. The van der Waals surface area contributed by atoms with Gasteiger partial charge in [0, 0.05) is 23.4 Å². The summed E-state index contributed by atoms with van der Waals surface area (Å²) in [6.07, 6.45) is -1.81. The molecule has 0 unspecified atom stereocenters. The Kier molecular flexibility index (Phi) is 6.82. The zero-order valence-corrected chi connectivity index (χ0v) is 19.4. The van der Waals surface area contributed by atoms with Crippen LogP contribution in [0.5, 0.6) is 5.75 Å². The Morgan fingerprint density at radius 1 is 1.09 bits per heavy atom. The standard InChI is InChI=1S/C24H22F3N3O4S/c1-15-12-22(28-14-20(15)19-4-2-3-5-21(19)34-24(25,26)27)29-23(31)13-16-6-10-18(11-7-16)35(32,33)30-17-8-9-17/h2-7,10-12,14,17,30H,8-9,13H2,1H3,(H,28,29,31). The van der Waals surface area contributed by atoms with E-state index in [9.17, 15) is 26.4 Å². The molecule has 2 N–H and O–H groups in total. The molecule has 0 spiro atoms. The highest BCUT2D eigenvalue weighted by Crippen LogP contribution is 2.35. The van der Waals surface area contributed by atoms with Crippen LogP contribution >= 0.6 is 0 Å². The van der Waals surface area contributed by atoms with E-state index in [-0.39, 0.29) is 40.4 Å². The average Bonchev–Trinajstić information content (AvgIpc) is 3.57. The second kappa shape index (κ2) is 9.67. The molecule has 4 rings (SSSR count). The minimum atomic E-state index is -4.83. The van der Waals surface area contributed by atoms with Crippen LogP contribution in [-0.4, -0.2) is 31.7 Å². The number of carbonyl (C=O) groups is 1. The van der Waals surface area contributed by atoms with Crippen LogP contribution in [0.2, 0.25) is 0 Å². The summed E-state index contributed by atoms with van der Waals surface area (Å²) in [4.78, 5) is 16.8. The number of anilines is 1. The molecule has 1 aliphatic carbocycles. The molecule has 11 heteroatoms. The molecule has 184 valence electrons. The van der Waals surface area contributed by atoms with E-state index in [0.29, 0.717) is 16.7 Å². The fraction of sp³-hybridized carbons (Fsp3) is 0.250. The maximum Gasteiger partial charge on any atom is 0.573 e. The average molecular weight is 506 g/mol. The summed E-state index contributed by atoms with van der Waals surface area (Å²) in [7, 11) is -3.57. The van der Waals surface area contributed by atoms with E-state index < -0.39 is 16.4 Å². The number of nitrogens with one attached hydrogen (secondary N) is 2. The van der Waals surface area contributed by atoms with Gasteiger partial charge in [0.25, 0.3) is 0 Å². The summed E-state index contributed by atoms with van der Waals surface area (Å²) >= 11 is 0. The molecule has 1 saturated carbocycles. The number of hydrogen-bond donors (Lipinski definition) is 2. The molecule has 1 aliphatic rings. The van der Waals surface area contributed by atoms with Crippen molar-refractivity contribution in [2.24, 2.45) is 0 Å². The molecule has 0 saturated heterocycles. The largest absolute Gasteiger partial charge is 0.573 e. The highest BCUT2D eigenvalue weighted by atomic mass is 32.2. The van der Waals surface area contributed by atoms with Crippen molar-refractivity contribution in [1.82, 2.24) is 9.71 Å². The highest BCUT2D eigenvalue weighted by Gasteiger charge is 2.32. The molecular weight excluding hydrogens is 483 g/mol. The van der Waals surface area contributed by atoms with E-state index >= 15 is 0 Å². The molecule has 0 atom stereocenters. The normalized spacial score (nSPS) is 13.9. The Labute approximate surface area is 200 Å². The van der Waals surface area contributed by atoms with E-state index in [0.717, 1.165) is 12.8 Å². The number of amides is 1. The first kappa shape index (κ1) is 24.7. The molecule has 2 aromatic carbocycles. The van der Waals surface area contributed by atoms with E-state index in [2.05, 4.69) is 19.8 Å². The quantitative estimate of drug-likeness (QED) is 0.467. The molecule has 35 heavy (non-hydrogen) atoms. The van der Waals surface area contributed by atoms with E-state index in [1.807, 2.05) is 0 Å². The van der Waals surface area contributed by atoms with Crippen LogP contribution in [0.4, 0.5) is 19.0 Å². The second-order valence-corrected chi connectivity index (χ2v) is 9.91. The smallest absolute Gasteiger partial charge is 0.405 e. The Hall–Kier alpha value is -3.44. The zero-order chi connectivity index (χ0) is 25.2. The van der Waals surface area contributed by atoms with E-state index in [4.69, 9.17) is 0 Å². The summed E-state index contributed by atoms with van der Waals surface area (Å²) in [5.41, 5.74) is 1.85. The van der Waals surface area contributed by atoms with Crippen LogP contribution in [0.1, 0.15) is 24.0 Å². The highest BCUT2D eigenvalue weighted by molar-refractivity contribution is 7.89. The summed E-state index contributed by atoms with van der Waals surface area (Å²) in [5, 5.41) is 2.65. The molecule has 0 aliphatic heterocycles. The van der Waals surface area contributed by atoms with Crippen molar-refractivity contribution in [3.8, 4) is 16.9 Å². The lowest BCUT2D eigenvalue weighted by Gasteiger charge is -2.15. The lowest BCUT2D eigenvalue weighted by Crippen LogP contribution is -2.25. The van der Waals surface area contributed by atoms with Gasteiger partial charge in [-0.3, -0.25) is 4.79 Å². The summed E-state index contributed by atoms with van der Waals surface area (Å²) < 4.78 is 69.4. The van der Waals surface area contributed by atoms with Gasteiger partial charge in [0.05, 0.1) is 11.3 Å². The van der Waals surface area contributed by atoms with Crippen molar-refractivity contribution in [2.75, 3.05) is 5.32 Å². The number of alkyl halides is 3. The fourth-order valence-electron chi connectivity index (χ4n) is 3.46. The van der Waals surface area contributed by atoms with Gasteiger partial charge in [0.1, 0.15) is 11.6 Å². The number of para-hydroxylation sites is 1. The monoisotopic (exact) mass is 505 g/mol. The third-order valence-corrected chi connectivity index (χ3v) is 6.82. The molecule has 0 bridgehead atoms. The molecule has 1 heterocycles. The van der Waals surface area contributed by atoms with Gasteiger partial charge in [-0.1, -0.05) is 30.3 Å². The number of pyridine rings is 1. The Morgan fingerprint density at radius 2 is 1.77 bits per heavy atom. The van der Waals surface area contributed by atoms with Crippen molar-refractivity contribution >= 4 is 21.7 Å². The van der Waals surface area contributed by atoms with Crippen LogP contribution in [0.3, 0.4) is 0 Å². The third kappa shape index (κ3) is 6.58. The molecule has 3 aromatic rings. The number of hydrogen-bond acceptors (Lipinski definition) is 5. The predicted octanol–water partition coefficient (Wildman–Crippen LogP) is 4.58. The number of nitrogens with zero attached hydrogens (tertiary/aromatic N) is 1. The number of carbonyl (C=O) groups excluding carboxylic acids is 1. The van der Waals surface area contributed by atoms with Gasteiger partial charge >= 0.3 is 6.36 Å².